The molecule has 34 nitrogen and oxygen atoms in total. The van der Waals surface area contributed by atoms with Crippen LogP contribution >= 0.6 is 15.6 Å². The summed E-state index contributed by atoms with van der Waals surface area (Å²) in [4.78, 5) is 118. The number of nitrogens with one attached hydrogen (secondary N) is 4. The predicted molar refractivity (Wildman–Crippen MR) is 244 cm³/mol. The molecule has 0 aliphatic carbocycles. The Morgan fingerprint density at radius 1 is 0.703 bits per heavy atom. The summed E-state index contributed by atoms with van der Waals surface area (Å²) in [6.45, 7) is -0.485. The highest BCUT2D eigenvalue weighted by molar-refractivity contribution is 7.47. The first kappa shape index (κ1) is 54.3. The molecule has 0 spiro atoms. The molecular weight excluding hydrogens is 1040 g/mol. The molecule has 10 atom stereocenters. The average molecular weight is 1090 g/mol. The zero-order valence-corrected chi connectivity index (χ0v) is 40.5. The van der Waals surface area contributed by atoms with Gasteiger partial charge < -0.3 is 65.4 Å². The van der Waals surface area contributed by atoms with E-state index < -0.39 is 107 Å². The number of aromatic amines is 2. The smallest absolute Gasteiger partial charge is 0.386 e. The number of anilines is 2. The molecule has 8 rings (SSSR count). The summed E-state index contributed by atoms with van der Waals surface area (Å²) in [5.74, 6) is -2.60. The number of ether oxygens (including phenoxy) is 6. The summed E-state index contributed by atoms with van der Waals surface area (Å²) in [6, 6.07) is -1.49. The van der Waals surface area contributed by atoms with Gasteiger partial charge in [0.05, 0.1) is 78.7 Å². The molecule has 4 aliphatic rings. The lowest BCUT2D eigenvalue weighted by Gasteiger charge is -2.29. The second-order valence-corrected chi connectivity index (χ2v) is 19.2. The number of aromatic nitrogens is 8. The van der Waals surface area contributed by atoms with E-state index in [0.717, 1.165) is 34.3 Å². The largest absolute Gasteiger partial charge is 0.472 e. The highest BCUT2D eigenvalue weighted by Gasteiger charge is 2.54. The van der Waals surface area contributed by atoms with Crippen molar-refractivity contribution in [1.82, 2.24) is 54.6 Å². The van der Waals surface area contributed by atoms with Gasteiger partial charge in [-0.2, -0.15) is 9.97 Å². The van der Waals surface area contributed by atoms with Crippen LogP contribution in [0.3, 0.4) is 0 Å². The lowest BCUT2D eigenvalue weighted by Crippen LogP contribution is -2.48. The normalized spacial score (nSPS) is 28.3. The second-order valence-electron chi connectivity index (χ2n) is 16.4. The van der Waals surface area contributed by atoms with Crippen LogP contribution in [0, 0.1) is 0 Å². The fourth-order valence-corrected chi connectivity index (χ4v) is 9.91. The SMILES string of the molecule is Nc1nc2c(ncn2[C@@H]2O[C@@H]3COP(=O)(O)OC4[C@@H](COP(=O)(O)OC3[C@@H]2O)O[C@@H](n2cnc3c(=O)[nH]c(N)nc32)[C@H]4NC(=O)CCOCCOCCOCCOCCNC(=O)CCN2C(=O)C=CC2=O)c(=O)[nH]1. The minimum atomic E-state index is -5.28. The number of imidazole rings is 2. The number of nitrogen functional groups attached to an aromatic ring is 2. The first-order valence-electron chi connectivity index (χ1n) is 22.5. The molecule has 4 unspecified atom stereocenters. The van der Waals surface area contributed by atoms with Gasteiger partial charge in [-0.3, -0.25) is 70.9 Å². The number of aliphatic hydroxyl groups excluding tert-OH is 1. The second kappa shape index (κ2) is 23.7. The summed E-state index contributed by atoms with van der Waals surface area (Å²) in [5.41, 5.74) is 9.33. The fraction of sp³-hybridized carbons (Fsp3) is 0.579. The Morgan fingerprint density at radius 3 is 1.76 bits per heavy atom. The van der Waals surface area contributed by atoms with Crippen LogP contribution in [0.15, 0.2) is 34.4 Å². The van der Waals surface area contributed by atoms with E-state index in [1.165, 1.54) is 4.57 Å². The molecule has 36 heteroatoms. The number of carbonyl (C=O) groups excluding carboxylic acids is 4. The molecule has 3 fully saturated rings. The lowest BCUT2D eigenvalue weighted by atomic mass is 10.1. The van der Waals surface area contributed by atoms with Crippen molar-refractivity contribution < 1.29 is 89.7 Å². The van der Waals surface area contributed by atoms with Gasteiger partial charge in [0.15, 0.2) is 34.8 Å². The van der Waals surface area contributed by atoms with Gasteiger partial charge >= 0.3 is 15.6 Å². The van der Waals surface area contributed by atoms with Gasteiger partial charge in [-0.15, -0.1) is 0 Å². The predicted octanol–water partition coefficient (Wildman–Crippen LogP) is -4.04. The maximum Gasteiger partial charge on any atom is 0.472 e. The average Bonchev–Trinajstić information content (AvgIpc) is 4.16. The minimum Gasteiger partial charge on any atom is -0.386 e. The van der Waals surface area contributed by atoms with E-state index in [1.807, 2.05) is 0 Å². The third-order valence-electron chi connectivity index (χ3n) is 11.4. The van der Waals surface area contributed by atoms with E-state index in [9.17, 15) is 52.8 Å². The first-order valence-corrected chi connectivity index (χ1v) is 25.5. The molecule has 4 amide bonds. The van der Waals surface area contributed by atoms with Crippen LogP contribution in [0.1, 0.15) is 25.3 Å². The number of hydrogen-bond acceptors (Lipinski definition) is 25. The number of fused-ring (bicyclic) bond motifs is 4. The highest BCUT2D eigenvalue weighted by atomic mass is 31.2. The third kappa shape index (κ3) is 13.1. The Balaban J connectivity index is 0.827. The van der Waals surface area contributed by atoms with Crippen molar-refractivity contribution >= 4 is 73.5 Å². The van der Waals surface area contributed by atoms with E-state index in [-0.39, 0.29) is 119 Å². The maximum atomic E-state index is 13.8. The fourth-order valence-electron chi connectivity index (χ4n) is 7.97. The number of hydrogen-bond donors (Lipinski definition) is 9. The molecule has 0 saturated carbocycles. The van der Waals surface area contributed by atoms with E-state index >= 15 is 0 Å². The molecule has 4 aliphatic heterocycles. The van der Waals surface area contributed by atoms with Crippen molar-refractivity contribution in [2.45, 2.75) is 61.9 Å². The third-order valence-corrected chi connectivity index (χ3v) is 13.3. The maximum absolute atomic E-state index is 13.8. The van der Waals surface area contributed by atoms with E-state index in [1.54, 1.807) is 0 Å². The molecule has 0 radical (unpaired) electrons. The summed E-state index contributed by atoms with van der Waals surface area (Å²) in [5, 5.41) is 16.7. The Bertz CT molecular complexity index is 2930. The number of phosphoric ester groups is 2. The molecular formula is C38H51N13O21P2. The van der Waals surface area contributed by atoms with Gasteiger partial charge in [0.2, 0.25) is 23.7 Å². The molecule has 4 aromatic heterocycles. The molecule has 74 heavy (non-hydrogen) atoms. The van der Waals surface area contributed by atoms with E-state index in [0.29, 0.717) is 0 Å². The van der Waals surface area contributed by atoms with Gasteiger partial charge in [-0.1, -0.05) is 0 Å². The quantitative estimate of drug-likeness (QED) is 0.0218. The highest BCUT2D eigenvalue weighted by Crippen LogP contribution is 2.53. The molecule has 0 bridgehead atoms. The van der Waals surface area contributed by atoms with Crippen molar-refractivity contribution in [3.8, 4) is 0 Å². The number of aliphatic hydroxyl groups is 1. The molecule has 4 aromatic rings. The zero-order chi connectivity index (χ0) is 52.7. The van der Waals surface area contributed by atoms with Gasteiger partial charge in [-0.25, -0.2) is 19.1 Å². The van der Waals surface area contributed by atoms with Crippen LogP contribution < -0.4 is 33.2 Å². The van der Waals surface area contributed by atoms with Crippen molar-refractivity contribution in [2.75, 3.05) is 90.6 Å². The van der Waals surface area contributed by atoms with Gasteiger partial charge in [0, 0.05) is 38.1 Å². The molecule has 0 aromatic carbocycles. The monoisotopic (exact) mass is 1090 g/mol. The topological polar surface area (TPSA) is 462 Å². The number of imide groups is 1. The summed E-state index contributed by atoms with van der Waals surface area (Å²) in [6.07, 6.45) is -7.48. The Morgan fingerprint density at radius 2 is 1.19 bits per heavy atom. The van der Waals surface area contributed by atoms with Crippen molar-refractivity contribution in [3.05, 3.63) is 45.5 Å². The number of nitrogens with zero attached hydrogens (tertiary/aromatic N) is 7. The van der Waals surface area contributed by atoms with Crippen LogP contribution in [0.2, 0.25) is 0 Å². The standard InChI is InChI=1S/C38H51N13O21P2/c39-37-45-31-26(33(57)47-37)42-17-50(31)35-25(44-22(53)4-7-63-9-11-65-13-14-66-12-10-64-8-5-41-21(52)3-6-49-23(54)1-2-24(49)55)29-19(69-35)15-67-74(61,62)72-30-20(16-68-73(59,60)71-29)70-36(28(30)56)51-18-43-27-32(51)46-38(40)48-34(27)58/h1-2,17-20,25,28-30,35-36,56H,3-16H2,(H,41,52)(H,44,53)(H,59,60)(H,61,62)(H3,39,45,47,57)(H3,40,46,48,58)/t19-,20-,25+,28+,29?,30?,35-,36-/m1/s1. The van der Waals surface area contributed by atoms with Crippen LogP contribution in [0.4, 0.5) is 11.9 Å². The lowest BCUT2D eigenvalue weighted by molar-refractivity contribution is -0.137. The number of H-pyrrole nitrogens is 2. The van der Waals surface area contributed by atoms with Crippen LogP contribution in [0.25, 0.3) is 22.3 Å². The van der Waals surface area contributed by atoms with Crippen molar-refractivity contribution in [2.24, 2.45) is 0 Å². The summed E-state index contributed by atoms with van der Waals surface area (Å²) in [7, 11) is -10.5. The number of rotatable bonds is 21. The van der Waals surface area contributed by atoms with Crippen molar-refractivity contribution in [1.29, 1.82) is 0 Å². The molecule has 8 heterocycles. The Kier molecular flexibility index (Phi) is 17.4. The van der Waals surface area contributed by atoms with Gasteiger partial charge in [0.25, 0.3) is 22.9 Å². The van der Waals surface area contributed by atoms with E-state index in [2.05, 4.69) is 40.5 Å². The number of phosphoric acid groups is 2. The Labute approximate surface area is 415 Å². The number of nitrogens with two attached hydrogens (primary N) is 2. The number of carbonyl (C=O) groups is 4. The zero-order valence-electron chi connectivity index (χ0n) is 38.7. The number of amides is 4. The molecule has 404 valence electrons. The van der Waals surface area contributed by atoms with Crippen LogP contribution in [-0.4, -0.2) is 198 Å². The Hall–Kier alpha value is -5.94. The van der Waals surface area contributed by atoms with Gasteiger partial charge in [-0.05, 0) is 0 Å². The summed E-state index contributed by atoms with van der Waals surface area (Å²) < 4.78 is 85.2. The molecule has 3 saturated heterocycles. The van der Waals surface area contributed by atoms with Crippen LogP contribution in [0.5, 0.6) is 0 Å². The first-order chi connectivity index (χ1) is 35.4. The van der Waals surface area contributed by atoms with Crippen molar-refractivity contribution in [3.63, 3.8) is 0 Å². The summed E-state index contributed by atoms with van der Waals surface area (Å²) >= 11 is 0. The van der Waals surface area contributed by atoms with Gasteiger partial charge in [0.1, 0.15) is 36.6 Å². The van der Waals surface area contributed by atoms with E-state index in [4.69, 9.17) is 58.0 Å². The minimum absolute atomic E-state index is 0.0159. The van der Waals surface area contributed by atoms with Crippen LogP contribution in [-0.2, 0) is 74.8 Å². The molecule has 11 N–H and O–H groups in total.